The van der Waals surface area contributed by atoms with Gasteiger partial charge in [0.25, 0.3) is 0 Å². The van der Waals surface area contributed by atoms with Crippen molar-refractivity contribution in [3.63, 3.8) is 0 Å². The molecule has 0 atom stereocenters. The van der Waals surface area contributed by atoms with Gasteiger partial charge in [0.05, 0.1) is 0 Å². The van der Waals surface area contributed by atoms with E-state index in [-0.39, 0.29) is 0 Å². The molecular formula is C32H48O3. The number of phenols is 1. The van der Waals surface area contributed by atoms with E-state index in [0.717, 1.165) is 31.2 Å². The summed E-state index contributed by atoms with van der Waals surface area (Å²) in [7, 11) is 0. The zero-order valence-corrected chi connectivity index (χ0v) is 22.0. The summed E-state index contributed by atoms with van der Waals surface area (Å²) in [5.74, 6) is -0.268. The summed E-state index contributed by atoms with van der Waals surface area (Å²) < 4.78 is 0. The fraction of sp³-hybridized carbons (Fsp3) is 0.531. The zero-order valence-electron chi connectivity index (χ0n) is 22.0. The minimum atomic E-state index is -0.664. The van der Waals surface area contributed by atoms with Crippen LogP contribution in [-0.2, 0) is 17.6 Å². The van der Waals surface area contributed by atoms with Crippen LogP contribution in [0.3, 0.4) is 0 Å². The minimum absolute atomic E-state index is 0.332. The second-order valence-electron chi connectivity index (χ2n) is 9.34. The third-order valence-corrected chi connectivity index (χ3v) is 6.17. The van der Waals surface area contributed by atoms with Gasteiger partial charge in [-0.15, -0.1) is 0 Å². The molecular weight excluding hydrogens is 432 g/mol. The molecule has 2 N–H and O–H groups in total. The maximum atomic E-state index is 10.3. The summed E-state index contributed by atoms with van der Waals surface area (Å²) in [6.07, 6.45) is 23.1. The SMILES string of the molecule is CCCCCCCC/C=C\CCCCCCCC(=O)O.Oc1ccccc1CCc1ccccc1. The Balaban J connectivity index is 0.000000362. The second-order valence-corrected chi connectivity index (χ2v) is 9.34. The number of hydrogen-bond acceptors (Lipinski definition) is 2. The number of aryl methyl sites for hydroxylation is 2. The molecule has 0 heterocycles. The average Bonchev–Trinajstić information content (AvgIpc) is 2.87. The number of carboxylic acid groups (broad SMARTS) is 1. The lowest BCUT2D eigenvalue weighted by Gasteiger charge is -2.03. The van der Waals surface area contributed by atoms with Crippen molar-refractivity contribution in [3.8, 4) is 5.75 Å². The lowest BCUT2D eigenvalue weighted by atomic mass is 10.0. The molecule has 2 rings (SSSR count). The first-order valence-electron chi connectivity index (χ1n) is 13.8. The van der Waals surface area contributed by atoms with Crippen LogP contribution in [0.25, 0.3) is 0 Å². The van der Waals surface area contributed by atoms with Gasteiger partial charge in [-0.3, -0.25) is 4.79 Å². The van der Waals surface area contributed by atoms with Crippen molar-refractivity contribution in [1.29, 1.82) is 0 Å². The number of aromatic hydroxyl groups is 1. The fourth-order valence-corrected chi connectivity index (χ4v) is 3.99. The van der Waals surface area contributed by atoms with Gasteiger partial charge < -0.3 is 10.2 Å². The molecule has 194 valence electrons. The summed E-state index contributed by atoms with van der Waals surface area (Å²) in [6.45, 7) is 2.26. The number of aliphatic carboxylic acids is 1. The van der Waals surface area contributed by atoms with Gasteiger partial charge in [0.15, 0.2) is 0 Å². The molecule has 0 aliphatic rings. The van der Waals surface area contributed by atoms with E-state index >= 15 is 0 Å². The molecule has 3 heteroatoms. The molecule has 0 amide bonds. The molecule has 0 saturated carbocycles. The van der Waals surface area contributed by atoms with Crippen LogP contribution in [0.1, 0.15) is 108 Å². The van der Waals surface area contributed by atoms with Crippen molar-refractivity contribution < 1.29 is 15.0 Å². The molecule has 0 bridgehead atoms. The van der Waals surface area contributed by atoms with Crippen molar-refractivity contribution in [3.05, 3.63) is 77.9 Å². The first-order chi connectivity index (χ1) is 17.1. The molecule has 35 heavy (non-hydrogen) atoms. The first-order valence-corrected chi connectivity index (χ1v) is 13.8. The topological polar surface area (TPSA) is 57.5 Å². The largest absolute Gasteiger partial charge is 0.508 e. The Morgan fingerprint density at radius 3 is 1.83 bits per heavy atom. The molecule has 0 aromatic heterocycles. The van der Waals surface area contributed by atoms with E-state index in [1.54, 1.807) is 6.07 Å². The Morgan fingerprint density at radius 1 is 0.686 bits per heavy atom. The summed E-state index contributed by atoms with van der Waals surface area (Å²) in [6, 6.07) is 17.8. The molecule has 3 nitrogen and oxygen atoms in total. The number of allylic oxidation sites excluding steroid dienone is 2. The standard InChI is InChI=1S/C18H34O2.C14H14O/c1-2-3-4-5-6-7-8-9-10-11-12-13-14-15-16-17-18(19)20;15-14-9-5-4-8-13(14)11-10-12-6-2-1-3-7-12/h9-10H,2-8,11-17H2,1H3,(H,19,20);1-9,15H,10-11H2/b10-9-;. The number of phenolic OH excluding ortho intramolecular Hbond substituents is 1. The molecule has 2 aromatic carbocycles. The summed E-state index contributed by atoms with van der Waals surface area (Å²) in [4.78, 5) is 10.3. The van der Waals surface area contributed by atoms with E-state index in [1.165, 1.54) is 76.2 Å². The van der Waals surface area contributed by atoms with Gasteiger partial charge in [0.1, 0.15) is 5.75 Å². The van der Waals surface area contributed by atoms with Crippen LogP contribution >= 0.6 is 0 Å². The molecule has 2 aromatic rings. The first kappa shape index (κ1) is 30.5. The van der Waals surface area contributed by atoms with Crippen LogP contribution in [0.4, 0.5) is 0 Å². The molecule has 0 aliphatic carbocycles. The zero-order chi connectivity index (χ0) is 25.4. The molecule has 0 spiro atoms. The van der Waals surface area contributed by atoms with Crippen molar-refractivity contribution >= 4 is 5.97 Å². The lowest BCUT2D eigenvalue weighted by molar-refractivity contribution is -0.137. The van der Waals surface area contributed by atoms with Crippen LogP contribution in [0, 0.1) is 0 Å². The van der Waals surface area contributed by atoms with E-state index in [4.69, 9.17) is 5.11 Å². The Morgan fingerprint density at radius 2 is 1.23 bits per heavy atom. The van der Waals surface area contributed by atoms with Crippen molar-refractivity contribution in [2.45, 2.75) is 110 Å². The number of carboxylic acids is 1. The van der Waals surface area contributed by atoms with Gasteiger partial charge in [0.2, 0.25) is 0 Å². The van der Waals surface area contributed by atoms with E-state index in [0.29, 0.717) is 12.2 Å². The van der Waals surface area contributed by atoms with Crippen LogP contribution in [0.15, 0.2) is 66.7 Å². The second kappa shape index (κ2) is 21.9. The van der Waals surface area contributed by atoms with Gasteiger partial charge in [-0.25, -0.2) is 0 Å². The third-order valence-electron chi connectivity index (χ3n) is 6.17. The van der Waals surface area contributed by atoms with Crippen LogP contribution in [-0.4, -0.2) is 16.2 Å². The van der Waals surface area contributed by atoms with Gasteiger partial charge >= 0.3 is 5.97 Å². The highest BCUT2D eigenvalue weighted by Gasteiger charge is 1.99. The van der Waals surface area contributed by atoms with Crippen LogP contribution in [0.2, 0.25) is 0 Å². The van der Waals surface area contributed by atoms with E-state index < -0.39 is 5.97 Å². The molecule has 0 unspecified atom stereocenters. The monoisotopic (exact) mass is 480 g/mol. The maximum absolute atomic E-state index is 10.3. The highest BCUT2D eigenvalue weighted by molar-refractivity contribution is 5.66. The van der Waals surface area contributed by atoms with Gasteiger partial charge in [-0.2, -0.15) is 0 Å². The van der Waals surface area contributed by atoms with Crippen LogP contribution in [0.5, 0.6) is 5.75 Å². The Kier molecular flexibility index (Phi) is 19.1. The van der Waals surface area contributed by atoms with E-state index in [2.05, 4.69) is 31.2 Å². The normalized spacial score (nSPS) is 10.8. The number of rotatable bonds is 18. The summed E-state index contributed by atoms with van der Waals surface area (Å²) in [5, 5.41) is 18.1. The minimum Gasteiger partial charge on any atom is -0.508 e. The number of carbonyl (C=O) groups is 1. The van der Waals surface area contributed by atoms with Gasteiger partial charge in [-0.1, -0.05) is 119 Å². The van der Waals surface area contributed by atoms with E-state index in [1.807, 2.05) is 36.4 Å². The molecule has 0 aliphatic heterocycles. The fourth-order valence-electron chi connectivity index (χ4n) is 3.99. The number of unbranched alkanes of at least 4 members (excludes halogenated alkanes) is 11. The van der Waals surface area contributed by atoms with Crippen molar-refractivity contribution in [2.24, 2.45) is 0 Å². The summed E-state index contributed by atoms with van der Waals surface area (Å²) in [5.41, 5.74) is 2.32. The predicted molar refractivity (Wildman–Crippen MR) is 149 cm³/mol. The summed E-state index contributed by atoms with van der Waals surface area (Å²) >= 11 is 0. The lowest BCUT2D eigenvalue weighted by Crippen LogP contribution is -1.93. The van der Waals surface area contributed by atoms with Crippen molar-refractivity contribution in [2.75, 3.05) is 0 Å². The number of para-hydroxylation sites is 1. The Hall–Kier alpha value is -2.55. The molecule has 0 fully saturated rings. The predicted octanol–water partition coefficient (Wildman–Crippen LogP) is 9.29. The third kappa shape index (κ3) is 18.5. The molecule has 0 saturated heterocycles. The van der Waals surface area contributed by atoms with Crippen LogP contribution < -0.4 is 0 Å². The highest BCUT2D eigenvalue weighted by atomic mass is 16.4. The number of hydrogen-bond donors (Lipinski definition) is 2. The van der Waals surface area contributed by atoms with Crippen molar-refractivity contribution in [1.82, 2.24) is 0 Å². The van der Waals surface area contributed by atoms with Gasteiger partial charge in [0, 0.05) is 6.42 Å². The molecule has 0 radical (unpaired) electrons. The maximum Gasteiger partial charge on any atom is 0.303 e. The van der Waals surface area contributed by atoms with E-state index in [9.17, 15) is 9.90 Å². The smallest absolute Gasteiger partial charge is 0.303 e. The Labute approximate surface area is 214 Å². The quantitative estimate of drug-likeness (QED) is 0.165. The Bertz CT molecular complexity index is 782. The van der Waals surface area contributed by atoms with Gasteiger partial charge in [-0.05, 0) is 62.1 Å². The number of benzene rings is 2. The average molecular weight is 481 g/mol. The highest BCUT2D eigenvalue weighted by Crippen LogP contribution is 2.17.